The van der Waals surface area contributed by atoms with Crippen molar-refractivity contribution in [1.29, 1.82) is 0 Å². The third kappa shape index (κ3) is 3.13. The number of benzene rings is 2. The summed E-state index contributed by atoms with van der Waals surface area (Å²) in [5, 5.41) is 2.78. The Morgan fingerprint density at radius 3 is 2.52 bits per heavy atom. The van der Waals surface area contributed by atoms with Gasteiger partial charge < -0.3 is 0 Å². The molecule has 0 aromatic heterocycles. The van der Waals surface area contributed by atoms with Crippen molar-refractivity contribution in [2.24, 2.45) is 5.16 Å². The molecule has 8 heteroatoms. The van der Waals surface area contributed by atoms with Crippen molar-refractivity contribution < 1.29 is 26.2 Å². The van der Waals surface area contributed by atoms with Gasteiger partial charge in [0.2, 0.25) is 0 Å². The van der Waals surface area contributed by atoms with E-state index in [4.69, 9.17) is 4.55 Å². The van der Waals surface area contributed by atoms with Gasteiger partial charge in [0.1, 0.15) is 0 Å². The van der Waals surface area contributed by atoms with Crippen LogP contribution in [-0.4, -0.2) is 20.6 Å². The molecule has 0 bridgehead atoms. The van der Waals surface area contributed by atoms with Gasteiger partial charge in [-0.25, -0.2) is 0 Å². The summed E-state index contributed by atoms with van der Waals surface area (Å²) in [6, 6.07) is 11.8. The van der Waals surface area contributed by atoms with E-state index in [0.29, 0.717) is 6.42 Å². The number of rotatable bonds is 3. The standard InChI is InChI=1S/C15H10F3NO3S/c16-15(17,18)14(19-22-23(20)21)10-5-6-13-11(8-10)7-9-3-1-2-4-12(9)13/h1-6,8H,7H2,(H,20,21). The van der Waals surface area contributed by atoms with E-state index < -0.39 is 23.2 Å². The molecule has 23 heavy (non-hydrogen) atoms. The van der Waals surface area contributed by atoms with Gasteiger partial charge in [-0.2, -0.15) is 17.4 Å². The topological polar surface area (TPSA) is 58.9 Å². The molecule has 0 amide bonds. The molecule has 0 saturated heterocycles. The maximum atomic E-state index is 13.1. The highest BCUT2D eigenvalue weighted by Crippen LogP contribution is 2.37. The van der Waals surface area contributed by atoms with Crippen molar-refractivity contribution in [3.05, 3.63) is 59.2 Å². The minimum atomic E-state index is -4.81. The van der Waals surface area contributed by atoms with Crippen molar-refractivity contribution in [3.8, 4) is 11.1 Å². The van der Waals surface area contributed by atoms with Crippen molar-refractivity contribution in [3.63, 3.8) is 0 Å². The molecule has 1 aliphatic rings. The predicted octanol–water partition coefficient (Wildman–Crippen LogP) is 3.68. The zero-order valence-electron chi connectivity index (χ0n) is 11.5. The largest absolute Gasteiger partial charge is 0.437 e. The van der Waals surface area contributed by atoms with Gasteiger partial charge in [0.05, 0.1) is 0 Å². The molecule has 4 nitrogen and oxygen atoms in total. The third-order valence-corrected chi connectivity index (χ3v) is 3.73. The maximum absolute atomic E-state index is 13.1. The first kappa shape index (κ1) is 15.7. The molecular formula is C15H10F3NO3S. The molecule has 0 radical (unpaired) electrons. The molecule has 2 aromatic carbocycles. The zero-order chi connectivity index (χ0) is 16.6. The molecule has 0 saturated carbocycles. The lowest BCUT2D eigenvalue weighted by atomic mass is 10.0. The summed E-state index contributed by atoms with van der Waals surface area (Å²) in [6.45, 7) is 0. The van der Waals surface area contributed by atoms with Crippen LogP contribution >= 0.6 is 0 Å². The van der Waals surface area contributed by atoms with Gasteiger partial charge in [-0.05, 0) is 34.7 Å². The molecule has 1 atom stereocenters. The SMILES string of the molecule is O=S(O)ON=C(c1ccc2c(c1)Cc1ccccc1-2)C(F)(F)F. The molecule has 3 rings (SSSR count). The predicted molar refractivity (Wildman–Crippen MR) is 79.1 cm³/mol. The number of halogens is 3. The fraction of sp³-hybridized carbons (Fsp3) is 0.133. The van der Waals surface area contributed by atoms with Crippen LogP contribution in [0.2, 0.25) is 0 Å². The number of alkyl halides is 3. The second kappa shape index (κ2) is 5.78. The van der Waals surface area contributed by atoms with Gasteiger partial charge in [-0.3, -0.25) is 8.84 Å². The van der Waals surface area contributed by atoms with Gasteiger partial charge in [0.25, 0.3) is 0 Å². The average Bonchev–Trinajstić information content (AvgIpc) is 2.83. The van der Waals surface area contributed by atoms with Gasteiger partial charge in [0.15, 0.2) is 5.71 Å². The Balaban J connectivity index is 2.03. The zero-order valence-corrected chi connectivity index (χ0v) is 12.3. The molecule has 2 aromatic rings. The van der Waals surface area contributed by atoms with Gasteiger partial charge in [-0.15, -0.1) is 0 Å². The van der Waals surface area contributed by atoms with Crippen molar-refractivity contribution in [2.75, 3.05) is 0 Å². The van der Waals surface area contributed by atoms with E-state index in [1.165, 1.54) is 12.1 Å². The number of hydrogen-bond acceptors (Lipinski definition) is 3. The first-order valence-corrected chi connectivity index (χ1v) is 7.54. The van der Waals surface area contributed by atoms with Gasteiger partial charge in [-0.1, -0.05) is 41.6 Å². The van der Waals surface area contributed by atoms with Crippen LogP contribution in [-0.2, 0) is 22.1 Å². The molecular weight excluding hydrogens is 331 g/mol. The van der Waals surface area contributed by atoms with Crippen molar-refractivity contribution in [1.82, 2.24) is 0 Å². The van der Waals surface area contributed by atoms with E-state index in [1.54, 1.807) is 6.07 Å². The lowest BCUT2D eigenvalue weighted by Gasteiger charge is -2.11. The minimum Gasteiger partial charge on any atom is -0.273 e. The third-order valence-electron chi connectivity index (χ3n) is 3.53. The summed E-state index contributed by atoms with van der Waals surface area (Å²) >= 11 is -2.91. The second-order valence-electron chi connectivity index (χ2n) is 4.94. The highest BCUT2D eigenvalue weighted by atomic mass is 32.2. The van der Waals surface area contributed by atoms with Gasteiger partial charge >= 0.3 is 17.5 Å². The summed E-state index contributed by atoms with van der Waals surface area (Å²) in [5.41, 5.74) is 2.08. The van der Waals surface area contributed by atoms with Crippen molar-refractivity contribution in [2.45, 2.75) is 12.6 Å². The number of hydrogen-bond donors (Lipinski definition) is 1. The van der Waals surface area contributed by atoms with E-state index >= 15 is 0 Å². The van der Waals surface area contributed by atoms with Crippen LogP contribution < -0.4 is 0 Å². The molecule has 0 fully saturated rings. The van der Waals surface area contributed by atoms with Gasteiger partial charge in [0, 0.05) is 5.56 Å². The first-order chi connectivity index (χ1) is 10.9. The Morgan fingerprint density at radius 2 is 1.83 bits per heavy atom. The smallest absolute Gasteiger partial charge is 0.273 e. The summed E-state index contributed by atoms with van der Waals surface area (Å²) in [5.74, 6) is 0. The lowest BCUT2D eigenvalue weighted by Crippen LogP contribution is -2.24. The second-order valence-corrected chi connectivity index (χ2v) is 5.52. The Labute approximate surface area is 132 Å². The highest BCUT2D eigenvalue weighted by molar-refractivity contribution is 7.74. The Bertz CT molecular complexity index is 818. The molecule has 0 aliphatic heterocycles. The van der Waals surface area contributed by atoms with E-state index in [1.807, 2.05) is 24.3 Å². The van der Waals surface area contributed by atoms with Crippen LogP contribution in [0.3, 0.4) is 0 Å². The molecule has 0 heterocycles. The highest BCUT2D eigenvalue weighted by Gasteiger charge is 2.38. The van der Waals surface area contributed by atoms with E-state index in [0.717, 1.165) is 22.3 Å². The normalized spacial score (nSPS) is 15.0. The Kier molecular flexibility index (Phi) is 3.95. The first-order valence-electron chi connectivity index (χ1n) is 6.51. The monoisotopic (exact) mass is 341 g/mol. The molecule has 1 N–H and O–H groups in total. The quantitative estimate of drug-likeness (QED) is 0.449. The summed E-state index contributed by atoms with van der Waals surface area (Å²) in [4.78, 5) is 0. The molecule has 120 valence electrons. The fourth-order valence-electron chi connectivity index (χ4n) is 2.63. The van der Waals surface area contributed by atoms with Crippen molar-refractivity contribution >= 4 is 17.1 Å². The lowest BCUT2D eigenvalue weighted by molar-refractivity contribution is -0.0597. The number of oxime groups is 1. The minimum absolute atomic E-state index is 0.213. The molecule has 0 spiro atoms. The number of nitrogens with zero attached hydrogens (tertiary/aromatic N) is 1. The molecule has 1 aliphatic carbocycles. The average molecular weight is 341 g/mol. The summed E-state index contributed by atoms with van der Waals surface area (Å²) < 4.78 is 62.0. The number of fused-ring (bicyclic) bond motifs is 3. The van der Waals surface area contributed by atoms with Crippen LogP contribution in [0.25, 0.3) is 11.1 Å². The van der Waals surface area contributed by atoms with Crippen LogP contribution in [0, 0.1) is 0 Å². The maximum Gasteiger partial charge on any atom is 0.437 e. The summed E-state index contributed by atoms with van der Waals surface area (Å²) in [6.07, 6.45) is -4.28. The van der Waals surface area contributed by atoms with Crippen LogP contribution in [0.1, 0.15) is 16.7 Å². The van der Waals surface area contributed by atoms with Crippen LogP contribution in [0.4, 0.5) is 13.2 Å². The van der Waals surface area contributed by atoms with E-state index in [-0.39, 0.29) is 5.56 Å². The molecule has 1 unspecified atom stereocenters. The van der Waals surface area contributed by atoms with Crippen LogP contribution in [0.15, 0.2) is 47.6 Å². The van der Waals surface area contributed by atoms with E-state index in [9.17, 15) is 17.4 Å². The summed E-state index contributed by atoms with van der Waals surface area (Å²) in [7, 11) is 0. The Hall–Kier alpha value is -2.19. The fourth-order valence-corrected chi connectivity index (χ4v) is 2.77. The van der Waals surface area contributed by atoms with E-state index in [2.05, 4.69) is 9.44 Å². The van der Waals surface area contributed by atoms with Crippen LogP contribution in [0.5, 0.6) is 0 Å². The Morgan fingerprint density at radius 1 is 1.13 bits per heavy atom.